The predicted octanol–water partition coefficient (Wildman–Crippen LogP) is -0.242. The number of piperidine rings is 1. The zero-order chi connectivity index (χ0) is 20.2. The van der Waals surface area contributed by atoms with Crippen LogP contribution in [0.3, 0.4) is 0 Å². The van der Waals surface area contributed by atoms with E-state index in [4.69, 9.17) is 0 Å². The molecule has 4 rings (SSSR count). The molecule has 3 aliphatic heterocycles. The second kappa shape index (κ2) is 8.92. The van der Waals surface area contributed by atoms with E-state index >= 15 is 0 Å². The van der Waals surface area contributed by atoms with Gasteiger partial charge in [-0.2, -0.15) is 0 Å². The molecule has 8 heteroatoms. The minimum Gasteiger partial charge on any atom is -0.353 e. The minimum atomic E-state index is -0.0896. The maximum Gasteiger partial charge on any atom is 0.244 e. The van der Waals surface area contributed by atoms with E-state index in [2.05, 4.69) is 15.1 Å². The fourth-order valence-electron chi connectivity index (χ4n) is 4.44. The maximum absolute atomic E-state index is 13.1. The topological polar surface area (TPSA) is 76.2 Å². The van der Waals surface area contributed by atoms with E-state index in [1.807, 2.05) is 35.2 Å². The zero-order valence-electron chi connectivity index (χ0n) is 16.8. The molecule has 1 aromatic carbocycles. The number of nitrogens with zero attached hydrogens (tertiary/aromatic N) is 4. The molecule has 3 fully saturated rings. The van der Waals surface area contributed by atoms with Crippen molar-refractivity contribution in [3.63, 3.8) is 0 Å². The molecule has 3 heterocycles. The van der Waals surface area contributed by atoms with Gasteiger partial charge in [-0.25, -0.2) is 0 Å². The Kier molecular flexibility index (Phi) is 6.10. The highest BCUT2D eigenvalue weighted by Crippen LogP contribution is 2.24. The van der Waals surface area contributed by atoms with Gasteiger partial charge in [-0.15, -0.1) is 0 Å². The van der Waals surface area contributed by atoms with Crippen molar-refractivity contribution in [1.29, 1.82) is 0 Å². The summed E-state index contributed by atoms with van der Waals surface area (Å²) < 4.78 is 0. The van der Waals surface area contributed by atoms with Crippen LogP contribution in [0.25, 0.3) is 0 Å². The van der Waals surface area contributed by atoms with E-state index in [-0.39, 0.29) is 30.3 Å². The minimum absolute atomic E-state index is 0.0114. The van der Waals surface area contributed by atoms with Crippen LogP contribution in [0.2, 0.25) is 0 Å². The Morgan fingerprint density at radius 2 is 1.76 bits per heavy atom. The first-order valence-electron chi connectivity index (χ1n) is 10.5. The summed E-state index contributed by atoms with van der Waals surface area (Å²) >= 11 is 0. The molecule has 3 aliphatic rings. The fourth-order valence-corrected chi connectivity index (χ4v) is 4.44. The summed E-state index contributed by atoms with van der Waals surface area (Å²) in [5.41, 5.74) is 0.969. The van der Waals surface area contributed by atoms with Crippen LogP contribution in [0.15, 0.2) is 30.3 Å². The van der Waals surface area contributed by atoms with Crippen molar-refractivity contribution in [2.75, 3.05) is 63.8 Å². The molecule has 0 bridgehead atoms. The number of amides is 3. The molecule has 0 saturated carbocycles. The third-order valence-corrected chi connectivity index (χ3v) is 6.08. The summed E-state index contributed by atoms with van der Waals surface area (Å²) in [6.45, 7) is 5.48. The molecule has 1 aromatic rings. The lowest BCUT2D eigenvalue weighted by Crippen LogP contribution is -2.59. The van der Waals surface area contributed by atoms with Gasteiger partial charge in [-0.05, 0) is 25.0 Å². The average Bonchev–Trinajstić information content (AvgIpc) is 2.75. The summed E-state index contributed by atoms with van der Waals surface area (Å²) in [7, 11) is 0. The van der Waals surface area contributed by atoms with Crippen molar-refractivity contribution in [1.82, 2.24) is 20.0 Å². The SMILES string of the molecule is O=C1CN(C(=O)CN2CCN(C3CCCN(c4ccccc4)C3=O)CC2)CCN1. The third-order valence-electron chi connectivity index (χ3n) is 6.08. The lowest BCUT2D eigenvalue weighted by molar-refractivity contribution is -0.139. The van der Waals surface area contributed by atoms with Crippen molar-refractivity contribution in [2.24, 2.45) is 0 Å². The Morgan fingerprint density at radius 1 is 1.00 bits per heavy atom. The van der Waals surface area contributed by atoms with Gasteiger partial charge in [0.1, 0.15) is 0 Å². The van der Waals surface area contributed by atoms with Gasteiger partial charge in [-0.1, -0.05) is 18.2 Å². The summed E-state index contributed by atoms with van der Waals surface area (Å²) in [6, 6.07) is 9.80. The maximum atomic E-state index is 13.1. The Hall–Kier alpha value is -2.45. The van der Waals surface area contributed by atoms with Crippen LogP contribution in [0.4, 0.5) is 5.69 Å². The van der Waals surface area contributed by atoms with E-state index < -0.39 is 0 Å². The van der Waals surface area contributed by atoms with Crippen molar-refractivity contribution in [3.05, 3.63) is 30.3 Å². The lowest BCUT2D eigenvalue weighted by Gasteiger charge is -2.42. The second-order valence-corrected chi connectivity index (χ2v) is 7.96. The number of benzene rings is 1. The molecular formula is C21H29N5O3. The number of rotatable bonds is 4. The molecule has 1 unspecified atom stereocenters. The first-order chi connectivity index (χ1) is 14.1. The normalized spacial score (nSPS) is 24.5. The van der Waals surface area contributed by atoms with Crippen molar-refractivity contribution in [2.45, 2.75) is 18.9 Å². The molecule has 0 aromatic heterocycles. The summed E-state index contributed by atoms with van der Waals surface area (Å²) in [6.07, 6.45) is 1.89. The van der Waals surface area contributed by atoms with Gasteiger partial charge in [0.05, 0.1) is 19.1 Å². The molecular weight excluding hydrogens is 370 g/mol. The van der Waals surface area contributed by atoms with Crippen molar-refractivity contribution in [3.8, 4) is 0 Å². The summed E-state index contributed by atoms with van der Waals surface area (Å²) in [5, 5.41) is 2.74. The molecule has 156 valence electrons. The number of nitrogens with one attached hydrogen (secondary N) is 1. The number of carbonyl (C=O) groups is 3. The van der Waals surface area contributed by atoms with Crippen molar-refractivity contribution < 1.29 is 14.4 Å². The highest BCUT2D eigenvalue weighted by atomic mass is 16.2. The van der Waals surface area contributed by atoms with E-state index in [0.717, 1.165) is 51.3 Å². The standard InChI is InChI=1S/C21H29N5O3/c27-19-15-25(10-8-22-19)20(28)16-23-11-13-24(14-12-23)18-7-4-9-26(21(18)29)17-5-2-1-3-6-17/h1-3,5-6,18H,4,7-16H2,(H,22,27). The number of para-hydroxylation sites is 1. The molecule has 0 spiro atoms. The molecule has 3 saturated heterocycles. The van der Waals surface area contributed by atoms with E-state index in [0.29, 0.717) is 19.6 Å². The van der Waals surface area contributed by atoms with E-state index in [9.17, 15) is 14.4 Å². The van der Waals surface area contributed by atoms with Crippen molar-refractivity contribution >= 4 is 23.4 Å². The predicted molar refractivity (Wildman–Crippen MR) is 109 cm³/mol. The largest absolute Gasteiger partial charge is 0.353 e. The van der Waals surface area contributed by atoms with Gasteiger partial charge < -0.3 is 15.1 Å². The number of anilines is 1. The first kappa shape index (κ1) is 19.8. The van der Waals surface area contributed by atoms with Crippen LogP contribution >= 0.6 is 0 Å². The quantitative estimate of drug-likeness (QED) is 0.756. The number of hydrogen-bond donors (Lipinski definition) is 1. The van der Waals surface area contributed by atoms with Crippen LogP contribution in [0.1, 0.15) is 12.8 Å². The highest BCUT2D eigenvalue weighted by molar-refractivity contribution is 5.97. The summed E-state index contributed by atoms with van der Waals surface area (Å²) in [5.74, 6) is 0.108. The Labute approximate surface area is 171 Å². The second-order valence-electron chi connectivity index (χ2n) is 7.96. The van der Waals surface area contributed by atoms with Gasteiger partial charge in [0.2, 0.25) is 17.7 Å². The Bertz CT molecular complexity index is 748. The van der Waals surface area contributed by atoms with Gasteiger partial charge >= 0.3 is 0 Å². The number of carbonyl (C=O) groups excluding carboxylic acids is 3. The lowest BCUT2D eigenvalue weighted by atomic mass is 10.0. The van der Waals surface area contributed by atoms with E-state index in [1.54, 1.807) is 4.90 Å². The molecule has 1 atom stereocenters. The van der Waals surface area contributed by atoms with Crippen LogP contribution < -0.4 is 10.2 Å². The Balaban J connectivity index is 1.29. The average molecular weight is 399 g/mol. The monoisotopic (exact) mass is 399 g/mol. The van der Waals surface area contributed by atoms with Crippen LogP contribution in [-0.2, 0) is 14.4 Å². The first-order valence-corrected chi connectivity index (χ1v) is 10.5. The van der Waals surface area contributed by atoms with Crippen LogP contribution in [0.5, 0.6) is 0 Å². The molecule has 1 N–H and O–H groups in total. The molecule has 8 nitrogen and oxygen atoms in total. The van der Waals surface area contributed by atoms with Gasteiger partial charge in [0.25, 0.3) is 0 Å². The highest BCUT2D eigenvalue weighted by Gasteiger charge is 2.35. The summed E-state index contributed by atoms with van der Waals surface area (Å²) in [4.78, 5) is 45.0. The third kappa shape index (κ3) is 4.59. The van der Waals surface area contributed by atoms with Gasteiger partial charge in [-0.3, -0.25) is 24.2 Å². The van der Waals surface area contributed by atoms with Crippen LogP contribution in [-0.4, -0.2) is 97.4 Å². The van der Waals surface area contributed by atoms with Gasteiger partial charge in [0.15, 0.2) is 0 Å². The zero-order valence-corrected chi connectivity index (χ0v) is 16.8. The molecule has 0 aliphatic carbocycles. The number of piperazine rings is 2. The molecule has 29 heavy (non-hydrogen) atoms. The molecule has 3 amide bonds. The smallest absolute Gasteiger partial charge is 0.244 e. The van der Waals surface area contributed by atoms with E-state index in [1.165, 1.54) is 0 Å². The molecule has 0 radical (unpaired) electrons. The fraction of sp³-hybridized carbons (Fsp3) is 0.571. The van der Waals surface area contributed by atoms with Crippen LogP contribution in [0, 0.1) is 0 Å². The Morgan fingerprint density at radius 3 is 2.48 bits per heavy atom. The van der Waals surface area contributed by atoms with Gasteiger partial charge in [0, 0.05) is 51.5 Å². The number of hydrogen-bond acceptors (Lipinski definition) is 5.